The average Bonchev–Trinajstić information content (AvgIpc) is 2.88. The number of ketones is 1. The number of aryl methyl sites for hydroxylation is 2. The van der Waals surface area contributed by atoms with Crippen molar-refractivity contribution in [2.45, 2.75) is 44.1 Å². The van der Waals surface area contributed by atoms with Crippen LogP contribution in [-0.4, -0.2) is 28.7 Å². The molecule has 0 aliphatic carbocycles. The van der Waals surface area contributed by atoms with Gasteiger partial charge in [-0.3, -0.25) is 9.59 Å². The summed E-state index contributed by atoms with van der Waals surface area (Å²) >= 11 is 1.75. The molecule has 4 aromatic carbocycles. The molecule has 0 heterocycles. The minimum atomic E-state index is -0.776. The fraction of sp³-hybridized carbons (Fsp3) is 0.226. The van der Waals surface area contributed by atoms with Crippen molar-refractivity contribution < 1.29 is 19.4 Å². The molecular weight excluding hydrogens is 468 g/mol. The van der Waals surface area contributed by atoms with Gasteiger partial charge in [-0.15, -0.1) is 11.8 Å². The summed E-state index contributed by atoms with van der Waals surface area (Å²) in [5, 5.41) is 11.0. The molecule has 0 radical (unpaired) electrons. The predicted molar refractivity (Wildman–Crippen MR) is 146 cm³/mol. The van der Waals surface area contributed by atoms with Crippen LogP contribution in [-0.2, 0) is 11.2 Å². The van der Waals surface area contributed by atoms with Gasteiger partial charge >= 0.3 is 5.97 Å². The summed E-state index contributed by atoms with van der Waals surface area (Å²) in [6.07, 6.45) is 1.44. The van der Waals surface area contributed by atoms with Gasteiger partial charge in [-0.2, -0.15) is 0 Å². The SMILES string of the molecule is Cc1cc(SCCC(C)Oc2cc3ccccc3cc2C(=O)c2ccccc2)ccc1CCC(=O)O. The molecule has 0 spiro atoms. The van der Waals surface area contributed by atoms with Crippen molar-refractivity contribution in [1.29, 1.82) is 0 Å². The Morgan fingerprint density at radius 1 is 0.917 bits per heavy atom. The molecule has 4 rings (SSSR count). The fourth-order valence-corrected chi connectivity index (χ4v) is 5.25. The van der Waals surface area contributed by atoms with E-state index in [1.807, 2.05) is 86.6 Å². The predicted octanol–water partition coefficient (Wildman–Crippen LogP) is 7.35. The normalized spacial score (nSPS) is 11.8. The number of rotatable bonds is 11. The van der Waals surface area contributed by atoms with E-state index in [4.69, 9.17) is 9.84 Å². The highest BCUT2D eigenvalue weighted by Crippen LogP contribution is 2.30. The molecule has 0 saturated heterocycles. The zero-order valence-corrected chi connectivity index (χ0v) is 21.4. The summed E-state index contributed by atoms with van der Waals surface area (Å²) in [4.78, 5) is 25.3. The van der Waals surface area contributed by atoms with Crippen molar-refractivity contribution in [3.63, 3.8) is 0 Å². The standard InChI is InChI=1S/C31H30O4S/c1-21-18-27(14-12-23(21)13-15-30(32)33)36-17-16-22(2)35-29-20-26-11-7-6-10-25(26)19-28(29)31(34)24-8-4-3-5-9-24/h3-12,14,18-20,22H,13,15-17H2,1-2H3,(H,32,33). The number of carboxylic acid groups (broad SMARTS) is 1. The second-order valence-corrected chi connectivity index (χ2v) is 10.1. The zero-order valence-electron chi connectivity index (χ0n) is 20.6. The van der Waals surface area contributed by atoms with Crippen LogP contribution >= 0.6 is 11.8 Å². The maximum Gasteiger partial charge on any atom is 0.303 e. The molecule has 0 amide bonds. The monoisotopic (exact) mass is 498 g/mol. The van der Waals surface area contributed by atoms with E-state index in [0.717, 1.165) is 39.0 Å². The Morgan fingerprint density at radius 3 is 2.31 bits per heavy atom. The van der Waals surface area contributed by atoms with Crippen LogP contribution in [0.3, 0.4) is 0 Å². The minimum absolute atomic E-state index is 0.0450. The first-order chi connectivity index (χ1) is 17.4. The molecule has 0 aromatic heterocycles. The molecule has 0 fully saturated rings. The van der Waals surface area contributed by atoms with Gasteiger partial charge in [0.05, 0.1) is 11.7 Å². The average molecular weight is 499 g/mol. The smallest absolute Gasteiger partial charge is 0.303 e. The molecule has 184 valence electrons. The molecule has 0 aliphatic rings. The highest BCUT2D eigenvalue weighted by atomic mass is 32.2. The Labute approximate surface area is 216 Å². The zero-order chi connectivity index (χ0) is 25.5. The Hall–Kier alpha value is -3.57. The lowest BCUT2D eigenvalue weighted by Gasteiger charge is -2.18. The lowest BCUT2D eigenvalue weighted by atomic mass is 9.98. The van der Waals surface area contributed by atoms with E-state index < -0.39 is 5.97 Å². The van der Waals surface area contributed by atoms with E-state index in [-0.39, 0.29) is 18.3 Å². The lowest BCUT2D eigenvalue weighted by Crippen LogP contribution is -2.15. The molecule has 36 heavy (non-hydrogen) atoms. The first kappa shape index (κ1) is 25.5. The van der Waals surface area contributed by atoms with Gasteiger partial charge in [-0.1, -0.05) is 60.7 Å². The third kappa shape index (κ3) is 6.55. The first-order valence-electron chi connectivity index (χ1n) is 12.1. The molecule has 4 nitrogen and oxygen atoms in total. The van der Waals surface area contributed by atoms with Crippen LogP contribution in [0.1, 0.15) is 46.8 Å². The summed E-state index contributed by atoms with van der Waals surface area (Å²) < 4.78 is 6.34. The number of hydrogen-bond donors (Lipinski definition) is 1. The number of carbonyl (C=O) groups is 2. The van der Waals surface area contributed by atoms with Crippen molar-refractivity contribution in [2.24, 2.45) is 0 Å². The van der Waals surface area contributed by atoms with Crippen molar-refractivity contribution in [1.82, 2.24) is 0 Å². The topological polar surface area (TPSA) is 63.6 Å². The van der Waals surface area contributed by atoms with Crippen LogP contribution in [0, 0.1) is 6.92 Å². The number of fused-ring (bicyclic) bond motifs is 1. The largest absolute Gasteiger partial charge is 0.490 e. The van der Waals surface area contributed by atoms with Crippen LogP contribution in [0.5, 0.6) is 5.75 Å². The van der Waals surface area contributed by atoms with Crippen LogP contribution < -0.4 is 4.74 Å². The molecule has 1 unspecified atom stereocenters. The number of carbonyl (C=O) groups excluding carboxylic acids is 1. The van der Waals surface area contributed by atoms with Crippen LogP contribution in [0.4, 0.5) is 0 Å². The van der Waals surface area contributed by atoms with Crippen molar-refractivity contribution in [3.8, 4) is 5.75 Å². The quantitative estimate of drug-likeness (QED) is 0.173. The number of hydrogen-bond acceptors (Lipinski definition) is 4. The summed E-state index contributed by atoms with van der Waals surface area (Å²) in [7, 11) is 0. The molecule has 5 heteroatoms. The van der Waals surface area contributed by atoms with E-state index in [1.165, 1.54) is 0 Å². The van der Waals surface area contributed by atoms with Crippen LogP contribution in [0.15, 0.2) is 89.8 Å². The van der Waals surface area contributed by atoms with Gasteiger partial charge in [0, 0.05) is 22.6 Å². The Kier molecular flexibility index (Phi) is 8.44. The van der Waals surface area contributed by atoms with E-state index in [2.05, 4.69) is 12.1 Å². The molecule has 4 aromatic rings. The van der Waals surface area contributed by atoms with Gasteiger partial charge < -0.3 is 9.84 Å². The van der Waals surface area contributed by atoms with E-state index >= 15 is 0 Å². The first-order valence-corrected chi connectivity index (χ1v) is 13.1. The van der Waals surface area contributed by atoms with Gasteiger partial charge in [-0.05, 0) is 72.9 Å². The maximum atomic E-state index is 13.3. The number of thioether (sulfide) groups is 1. The van der Waals surface area contributed by atoms with Crippen LogP contribution in [0.2, 0.25) is 0 Å². The molecule has 1 N–H and O–H groups in total. The van der Waals surface area contributed by atoms with Crippen molar-refractivity contribution >= 4 is 34.3 Å². The Balaban J connectivity index is 1.43. The third-order valence-corrected chi connectivity index (χ3v) is 7.20. The highest BCUT2D eigenvalue weighted by Gasteiger charge is 2.18. The van der Waals surface area contributed by atoms with E-state index in [0.29, 0.717) is 23.3 Å². The number of benzene rings is 4. The molecular formula is C31H30O4S. The summed E-state index contributed by atoms with van der Waals surface area (Å²) in [6.45, 7) is 4.06. The number of aliphatic carboxylic acids is 1. The van der Waals surface area contributed by atoms with Crippen LogP contribution in [0.25, 0.3) is 10.8 Å². The van der Waals surface area contributed by atoms with Gasteiger partial charge in [0.25, 0.3) is 0 Å². The van der Waals surface area contributed by atoms with E-state index in [1.54, 1.807) is 11.8 Å². The Morgan fingerprint density at radius 2 is 1.61 bits per heavy atom. The van der Waals surface area contributed by atoms with Gasteiger partial charge in [-0.25, -0.2) is 0 Å². The summed E-state index contributed by atoms with van der Waals surface area (Å²) in [5.74, 6) is 0.655. The highest BCUT2D eigenvalue weighted by molar-refractivity contribution is 7.99. The van der Waals surface area contributed by atoms with E-state index in [9.17, 15) is 9.59 Å². The molecule has 1 atom stereocenters. The van der Waals surface area contributed by atoms with Gasteiger partial charge in [0.1, 0.15) is 5.75 Å². The summed E-state index contributed by atoms with van der Waals surface area (Å²) in [5.41, 5.74) is 3.41. The van der Waals surface area contributed by atoms with Crippen molar-refractivity contribution in [2.75, 3.05) is 5.75 Å². The Bertz CT molecular complexity index is 1360. The fourth-order valence-electron chi connectivity index (χ4n) is 4.14. The minimum Gasteiger partial charge on any atom is -0.490 e. The molecule has 0 bridgehead atoms. The van der Waals surface area contributed by atoms with Crippen molar-refractivity contribution in [3.05, 3.63) is 107 Å². The lowest BCUT2D eigenvalue weighted by molar-refractivity contribution is -0.136. The van der Waals surface area contributed by atoms with Gasteiger partial charge in [0.15, 0.2) is 5.78 Å². The number of ether oxygens (including phenoxy) is 1. The second kappa shape index (κ2) is 11.9. The number of carboxylic acids is 1. The molecule has 0 saturated carbocycles. The van der Waals surface area contributed by atoms with Gasteiger partial charge in [0.2, 0.25) is 0 Å². The maximum absolute atomic E-state index is 13.3. The summed E-state index contributed by atoms with van der Waals surface area (Å²) in [6, 6.07) is 27.4. The third-order valence-electron chi connectivity index (χ3n) is 6.17. The molecule has 0 aliphatic heterocycles. The second-order valence-electron chi connectivity index (χ2n) is 8.94.